The number of alkyl halides is 3. The van der Waals surface area contributed by atoms with Crippen LogP contribution in [0.4, 0.5) is 13.2 Å². The molecule has 100 valence electrons. The quantitative estimate of drug-likeness (QED) is 0.895. The molecule has 1 aromatic rings. The first-order valence-corrected chi connectivity index (χ1v) is 6.14. The molecule has 0 bridgehead atoms. The Hall–Kier alpha value is -0.780. The highest BCUT2D eigenvalue weighted by atomic mass is 35.5. The van der Waals surface area contributed by atoms with Crippen molar-refractivity contribution in [1.29, 1.82) is 0 Å². The van der Waals surface area contributed by atoms with Gasteiger partial charge in [0.1, 0.15) is 6.04 Å². The number of halogens is 4. The number of hydrogen-bond donors (Lipinski definition) is 1. The van der Waals surface area contributed by atoms with Gasteiger partial charge in [-0.05, 0) is 11.6 Å². The number of nitrogens with one attached hydrogen (secondary N) is 1. The molecule has 1 heterocycles. The van der Waals surface area contributed by atoms with Crippen molar-refractivity contribution < 1.29 is 13.2 Å². The third-order valence-electron chi connectivity index (χ3n) is 3.03. The van der Waals surface area contributed by atoms with Gasteiger partial charge < -0.3 is 5.32 Å². The monoisotopic (exact) mass is 278 g/mol. The fourth-order valence-electron chi connectivity index (χ4n) is 2.22. The zero-order valence-electron chi connectivity index (χ0n) is 9.67. The molecule has 1 N–H and O–H groups in total. The molecule has 1 aliphatic rings. The number of benzene rings is 1. The molecular weight excluding hydrogens is 265 g/mol. The van der Waals surface area contributed by atoms with Crippen LogP contribution in [0.15, 0.2) is 24.3 Å². The molecule has 6 heteroatoms. The molecule has 2 rings (SSSR count). The van der Waals surface area contributed by atoms with Crippen LogP contribution in [0.2, 0.25) is 5.02 Å². The Morgan fingerprint density at radius 1 is 1.17 bits per heavy atom. The molecule has 0 spiro atoms. The van der Waals surface area contributed by atoms with Crippen LogP contribution in [0, 0.1) is 0 Å². The molecule has 1 fully saturated rings. The van der Waals surface area contributed by atoms with E-state index in [-0.39, 0.29) is 10.6 Å². The van der Waals surface area contributed by atoms with Gasteiger partial charge in [-0.2, -0.15) is 13.2 Å². The molecule has 1 aliphatic heterocycles. The fraction of sp³-hybridized carbons (Fsp3) is 0.500. The first-order chi connectivity index (χ1) is 8.50. The number of hydrogen-bond acceptors (Lipinski definition) is 2. The van der Waals surface area contributed by atoms with Crippen molar-refractivity contribution in [2.75, 3.05) is 26.2 Å². The molecule has 1 atom stereocenters. The predicted molar refractivity (Wildman–Crippen MR) is 64.7 cm³/mol. The van der Waals surface area contributed by atoms with Gasteiger partial charge in [0.25, 0.3) is 0 Å². The standard InChI is InChI=1S/C12H14ClF3N2/c13-10-4-2-1-3-9(10)11(12(14,15)16)18-7-5-17-6-8-18/h1-4,11,17H,5-8H2/t11-/m1/s1. The molecule has 0 aliphatic carbocycles. The lowest BCUT2D eigenvalue weighted by molar-refractivity contribution is -0.187. The highest BCUT2D eigenvalue weighted by Crippen LogP contribution is 2.40. The smallest absolute Gasteiger partial charge is 0.314 e. The minimum atomic E-state index is -4.32. The highest BCUT2D eigenvalue weighted by molar-refractivity contribution is 6.31. The summed E-state index contributed by atoms with van der Waals surface area (Å²) in [6, 6.07) is 4.55. The van der Waals surface area contributed by atoms with Crippen LogP contribution < -0.4 is 5.32 Å². The van der Waals surface area contributed by atoms with E-state index >= 15 is 0 Å². The van der Waals surface area contributed by atoms with Gasteiger partial charge >= 0.3 is 6.18 Å². The molecule has 18 heavy (non-hydrogen) atoms. The lowest BCUT2D eigenvalue weighted by Gasteiger charge is -2.36. The van der Waals surface area contributed by atoms with E-state index in [9.17, 15) is 13.2 Å². The van der Waals surface area contributed by atoms with Gasteiger partial charge in [-0.3, -0.25) is 4.90 Å². The summed E-state index contributed by atoms with van der Waals surface area (Å²) in [5.74, 6) is 0. The first-order valence-electron chi connectivity index (χ1n) is 5.76. The van der Waals surface area contributed by atoms with E-state index in [1.54, 1.807) is 12.1 Å². The summed E-state index contributed by atoms with van der Waals surface area (Å²) >= 11 is 5.90. The van der Waals surface area contributed by atoms with Gasteiger partial charge in [-0.25, -0.2) is 0 Å². The molecule has 0 saturated carbocycles. The Balaban J connectivity index is 2.34. The molecule has 0 unspecified atom stereocenters. The molecular formula is C12H14ClF3N2. The Morgan fingerprint density at radius 2 is 1.78 bits per heavy atom. The third-order valence-corrected chi connectivity index (χ3v) is 3.37. The summed E-state index contributed by atoms with van der Waals surface area (Å²) in [4.78, 5) is 1.43. The Labute approximate surface area is 109 Å². The average Bonchev–Trinajstić information content (AvgIpc) is 2.32. The summed E-state index contributed by atoms with van der Waals surface area (Å²) in [6.45, 7) is 1.87. The number of piperazine rings is 1. The van der Waals surface area contributed by atoms with Gasteiger partial charge in [0.15, 0.2) is 0 Å². The summed E-state index contributed by atoms with van der Waals surface area (Å²) in [7, 11) is 0. The SMILES string of the molecule is FC(F)(F)[C@@H](c1ccccc1Cl)N1CCNCC1. The molecule has 0 aromatic heterocycles. The molecule has 1 saturated heterocycles. The minimum Gasteiger partial charge on any atom is -0.314 e. The van der Waals surface area contributed by atoms with Crippen LogP contribution in [0.3, 0.4) is 0 Å². The normalized spacial score (nSPS) is 19.8. The van der Waals surface area contributed by atoms with Crippen molar-refractivity contribution in [3.05, 3.63) is 34.9 Å². The van der Waals surface area contributed by atoms with Gasteiger partial charge in [0.2, 0.25) is 0 Å². The summed E-state index contributed by atoms with van der Waals surface area (Å²) < 4.78 is 39.7. The van der Waals surface area contributed by atoms with Crippen molar-refractivity contribution in [2.45, 2.75) is 12.2 Å². The lowest BCUT2D eigenvalue weighted by atomic mass is 10.0. The van der Waals surface area contributed by atoms with E-state index < -0.39 is 12.2 Å². The van der Waals surface area contributed by atoms with Gasteiger partial charge in [-0.15, -0.1) is 0 Å². The van der Waals surface area contributed by atoms with Crippen molar-refractivity contribution >= 4 is 11.6 Å². The molecule has 0 amide bonds. The van der Waals surface area contributed by atoms with Gasteiger partial charge in [0, 0.05) is 31.2 Å². The van der Waals surface area contributed by atoms with E-state index in [0.717, 1.165) is 0 Å². The maximum atomic E-state index is 13.2. The Kier molecular flexibility index (Phi) is 4.14. The Bertz CT molecular complexity index is 403. The van der Waals surface area contributed by atoms with Crippen molar-refractivity contribution in [3.63, 3.8) is 0 Å². The van der Waals surface area contributed by atoms with E-state index in [0.29, 0.717) is 26.2 Å². The topological polar surface area (TPSA) is 15.3 Å². The second-order valence-electron chi connectivity index (χ2n) is 4.25. The molecule has 1 aromatic carbocycles. The maximum absolute atomic E-state index is 13.2. The van der Waals surface area contributed by atoms with Crippen LogP contribution in [-0.4, -0.2) is 37.3 Å². The van der Waals surface area contributed by atoms with E-state index in [2.05, 4.69) is 5.32 Å². The van der Waals surface area contributed by atoms with E-state index in [1.165, 1.54) is 17.0 Å². The van der Waals surface area contributed by atoms with Crippen LogP contribution in [0.5, 0.6) is 0 Å². The average molecular weight is 279 g/mol. The second kappa shape index (κ2) is 5.47. The predicted octanol–water partition coefficient (Wildman–Crippen LogP) is 2.85. The molecule has 2 nitrogen and oxygen atoms in total. The number of rotatable bonds is 2. The summed E-state index contributed by atoms with van der Waals surface area (Å²) in [5.41, 5.74) is 0.133. The largest absolute Gasteiger partial charge is 0.408 e. The van der Waals surface area contributed by atoms with E-state index in [1.807, 2.05) is 0 Å². The van der Waals surface area contributed by atoms with Gasteiger partial charge in [-0.1, -0.05) is 29.8 Å². The van der Waals surface area contributed by atoms with Gasteiger partial charge in [0.05, 0.1) is 0 Å². The highest BCUT2D eigenvalue weighted by Gasteiger charge is 2.45. The molecule has 0 radical (unpaired) electrons. The van der Waals surface area contributed by atoms with Crippen LogP contribution in [0.1, 0.15) is 11.6 Å². The van der Waals surface area contributed by atoms with Crippen molar-refractivity contribution in [2.24, 2.45) is 0 Å². The second-order valence-corrected chi connectivity index (χ2v) is 4.66. The van der Waals surface area contributed by atoms with Crippen LogP contribution in [0.25, 0.3) is 0 Å². The Morgan fingerprint density at radius 3 is 2.33 bits per heavy atom. The maximum Gasteiger partial charge on any atom is 0.408 e. The first kappa shape index (κ1) is 13.6. The minimum absolute atomic E-state index is 0.133. The fourth-order valence-corrected chi connectivity index (χ4v) is 2.46. The zero-order chi connectivity index (χ0) is 13.2. The van der Waals surface area contributed by atoms with Crippen molar-refractivity contribution in [3.8, 4) is 0 Å². The third kappa shape index (κ3) is 2.96. The zero-order valence-corrected chi connectivity index (χ0v) is 10.4. The van der Waals surface area contributed by atoms with Crippen molar-refractivity contribution in [1.82, 2.24) is 10.2 Å². The van der Waals surface area contributed by atoms with Crippen LogP contribution >= 0.6 is 11.6 Å². The summed E-state index contributed by atoms with van der Waals surface area (Å²) in [6.07, 6.45) is -4.32. The lowest BCUT2D eigenvalue weighted by Crippen LogP contribution is -2.49. The van der Waals surface area contributed by atoms with Crippen LogP contribution in [-0.2, 0) is 0 Å². The van der Waals surface area contributed by atoms with E-state index in [4.69, 9.17) is 11.6 Å². The number of nitrogens with zero attached hydrogens (tertiary/aromatic N) is 1. The summed E-state index contributed by atoms with van der Waals surface area (Å²) in [5, 5.41) is 3.21.